The van der Waals surface area contributed by atoms with Gasteiger partial charge in [0, 0.05) is 41.5 Å². The van der Waals surface area contributed by atoms with Crippen molar-refractivity contribution < 1.29 is 86.4 Å². The molecule has 0 bridgehead atoms. The number of sulfonamides is 4. The predicted octanol–water partition coefficient (Wildman–Crippen LogP) is 4.92. The Morgan fingerprint density at radius 1 is 0.347 bits per heavy atom. The standard InChI is InChI=1S/2C2F6NO4S2.6C2H3N.Mg/c2*3-1(4,5)14(10,11)9-15(12,13)2(6,7)8;6*1-2-3;/h;;6*1H3;/q2*-1;;;;;;;+2. The van der Waals surface area contributed by atoms with Gasteiger partial charge in [-0.05, 0) is 0 Å². The number of alkyl halides is 12. The van der Waals surface area contributed by atoms with E-state index >= 15 is 0 Å². The molecule has 0 amide bonds. The molecule has 33 heteroatoms. The Bertz CT molecular complexity index is 1340. The van der Waals surface area contributed by atoms with Crippen LogP contribution in [0.25, 0.3) is 8.25 Å². The second-order valence-corrected chi connectivity index (χ2v) is 12.0. The fourth-order valence-corrected chi connectivity index (χ4v) is 3.85. The molecule has 0 saturated carbocycles. The van der Waals surface area contributed by atoms with Gasteiger partial charge in [0.25, 0.3) is 0 Å². The first-order chi connectivity index (χ1) is 20.9. The van der Waals surface area contributed by atoms with Crippen molar-refractivity contribution in [1.29, 1.82) is 31.6 Å². The maximum absolute atomic E-state index is 11.4. The van der Waals surface area contributed by atoms with Gasteiger partial charge >= 0.3 is 45.1 Å². The van der Waals surface area contributed by atoms with Crippen LogP contribution in [0, 0.1) is 68.0 Å². The predicted molar refractivity (Wildman–Crippen MR) is 140 cm³/mol. The van der Waals surface area contributed by atoms with Crippen LogP contribution in [0.3, 0.4) is 0 Å². The molecule has 0 atom stereocenters. The molecule has 0 fully saturated rings. The average molecular weight is 831 g/mol. The maximum atomic E-state index is 11.4. The van der Waals surface area contributed by atoms with Crippen molar-refractivity contribution in [3.05, 3.63) is 8.25 Å². The summed E-state index contributed by atoms with van der Waals surface area (Å²) in [4.78, 5) is 0. The Labute approximate surface area is 288 Å². The Morgan fingerprint density at radius 2 is 0.408 bits per heavy atom. The van der Waals surface area contributed by atoms with Gasteiger partial charge in [-0.2, -0.15) is 84.3 Å². The molecule has 0 radical (unpaired) electrons. The first-order valence-electron chi connectivity index (χ1n) is 9.49. The minimum atomic E-state index is -6.72. The summed E-state index contributed by atoms with van der Waals surface area (Å²) in [6.45, 7) is 8.58. The van der Waals surface area contributed by atoms with Crippen molar-refractivity contribution in [3.63, 3.8) is 0 Å². The maximum Gasteiger partial charge on any atom is 2.00 e. The molecule has 0 aromatic heterocycles. The first kappa shape index (κ1) is 67.7. The van der Waals surface area contributed by atoms with Crippen LogP contribution in [-0.4, -0.2) is 78.8 Å². The largest absolute Gasteiger partial charge is 2.00 e. The summed E-state index contributed by atoms with van der Waals surface area (Å²) < 4.78 is 218. The van der Waals surface area contributed by atoms with Crippen molar-refractivity contribution in [2.75, 3.05) is 0 Å². The van der Waals surface area contributed by atoms with Gasteiger partial charge in [-0.1, -0.05) is 0 Å². The smallest absolute Gasteiger partial charge is 0.421 e. The molecular formula is C16H18F12MgN8O8S4. The minimum Gasteiger partial charge on any atom is -0.421 e. The van der Waals surface area contributed by atoms with Crippen LogP contribution in [0.4, 0.5) is 52.7 Å². The second kappa shape index (κ2) is 30.6. The molecule has 280 valence electrons. The van der Waals surface area contributed by atoms with E-state index in [4.69, 9.17) is 31.6 Å². The second-order valence-electron chi connectivity index (χ2n) is 5.17. The van der Waals surface area contributed by atoms with Gasteiger partial charge in [0.05, 0.1) is 36.4 Å². The van der Waals surface area contributed by atoms with Gasteiger partial charge in [-0.15, -0.1) is 0 Å². The molecule has 0 aliphatic carbocycles. The van der Waals surface area contributed by atoms with Gasteiger partial charge in [-0.3, -0.25) is 0 Å². The molecule has 0 unspecified atom stereocenters. The van der Waals surface area contributed by atoms with Gasteiger partial charge in [0.15, 0.2) is 40.1 Å². The Balaban J connectivity index is -0.0000000620. The summed E-state index contributed by atoms with van der Waals surface area (Å²) in [7, 11) is -26.9. The van der Waals surface area contributed by atoms with Crippen LogP contribution in [0.1, 0.15) is 41.5 Å². The van der Waals surface area contributed by atoms with Crippen molar-refractivity contribution in [2.45, 2.75) is 63.6 Å². The van der Waals surface area contributed by atoms with Crippen molar-refractivity contribution in [3.8, 4) is 36.4 Å². The Hall–Kier alpha value is -3.41. The minimum absolute atomic E-state index is 0. The van der Waals surface area contributed by atoms with Crippen LogP contribution >= 0.6 is 0 Å². The topological polar surface area (TPSA) is 307 Å². The fourth-order valence-electron chi connectivity index (χ4n) is 0.427. The number of nitriles is 6. The summed E-state index contributed by atoms with van der Waals surface area (Å²) >= 11 is 0. The van der Waals surface area contributed by atoms with Crippen molar-refractivity contribution in [2.24, 2.45) is 0 Å². The van der Waals surface area contributed by atoms with E-state index in [-0.39, 0.29) is 23.1 Å². The zero-order valence-corrected chi connectivity index (χ0v) is 29.4. The van der Waals surface area contributed by atoms with Crippen LogP contribution in [0.15, 0.2) is 0 Å². The van der Waals surface area contributed by atoms with Gasteiger partial charge < -0.3 is 8.25 Å². The Morgan fingerprint density at radius 3 is 0.449 bits per heavy atom. The molecule has 0 aliphatic rings. The van der Waals surface area contributed by atoms with Crippen LogP contribution in [0.5, 0.6) is 0 Å². The van der Waals surface area contributed by atoms with Crippen molar-refractivity contribution >= 4 is 63.1 Å². The van der Waals surface area contributed by atoms with Gasteiger partial charge in [0.1, 0.15) is 0 Å². The van der Waals surface area contributed by atoms with E-state index in [1.165, 1.54) is 41.5 Å². The summed E-state index contributed by atoms with van der Waals surface area (Å²) in [6, 6.07) is 10.5. The zero-order valence-electron chi connectivity index (χ0n) is 24.7. The van der Waals surface area contributed by atoms with E-state index in [0.717, 1.165) is 8.25 Å². The molecule has 0 aliphatic heterocycles. The number of hydrogen-bond donors (Lipinski definition) is 0. The molecule has 49 heavy (non-hydrogen) atoms. The number of nitrogens with zero attached hydrogens (tertiary/aromatic N) is 8. The fraction of sp³-hybridized carbons (Fsp3) is 0.625. The molecular weight excluding hydrogens is 813 g/mol. The first-order valence-corrected chi connectivity index (χ1v) is 15.2. The molecule has 0 heterocycles. The molecule has 0 rings (SSSR count). The summed E-state index contributed by atoms with van der Waals surface area (Å²) in [5.41, 5.74) is -24.8. The molecule has 16 nitrogen and oxygen atoms in total. The van der Waals surface area contributed by atoms with E-state index in [1.807, 2.05) is 0 Å². The van der Waals surface area contributed by atoms with Crippen LogP contribution < -0.4 is 0 Å². The third-order valence-electron chi connectivity index (χ3n) is 1.56. The monoisotopic (exact) mass is 830 g/mol. The third-order valence-corrected chi connectivity index (χ3v) is 7.04. The average Bonchev–Trinajstić information content (AvgIpc) is 2.78. The quantitative estimate of drug-likeness (QED) is 0.268. The number of rotatable bonds is 4. The molecule has 0 N–H and O–H groups in total. The van der Waals surface area contributed by atoms with Crippen LogP contribution in [-0.2, 0) is 40.1 Å². The van der Waals surface area contributed by atoms with E-state index in [1.54, 1.807) is 36.4 Å². The third kappa shape index (κ3) is 40.7. The molecule has 0 saturated heterocycles. The molecule has 0 spiro atoms. The van der Waals surface area contributed by atoms with E-state index in [9.17, 15) is 86.4 Å². The van der Waals surface area contributed by atoms with E-state index < -0.39 is 62.1 Å². The van der Waals surface area contributed by atoms with Crippen LogP contribution in [0.2, 0.25) is 0 Å². The summed E-state index contributed by atoms with van der Waals surface area (Å²) in [5.74, 6) is 0. The number of hydrogen-bond acceptors (Lipinski definition) is 14. The number of halogens is 12. The van der Waals surface area contributed by atoms with Crippen molar-refractivity contribution in [1.82, 2.24) is 0 Å². The molecule has 0 aromatic rings. The molecule has 0 aromatic carbocycles. The Kier molecular flexibility index (Phi) is 42.3. The van der Waals surface area contributed by atoms with E-state index in [0.29, 0.717) is 0 Å². The van der Waals surface area contributed by atoms with Gasteiger partial charge in [0.2, 0.25) is 0 Å². The summed E-state index contributed by atoms with van der Waals surface area (Å²) in [6.07, 6.45) is 0. The summed E-state index contributed by atoms with van der Waals surface area (Å²) in [5, 5.41) is 43.9. The zero-order chi connectivity index (χ0) is 41.7. The SMILES string of the molecule is CC#N.CC#N.CC#N.CC#N.CC#N.CC#N.O=S(=O)([N-]S(=O)(=O)C(F)(F)F)C(F)(F)F.O=S(=O)([N-]S(=O)(=O)C(F)(F)F)C(F)(F)F.[Mg+2]. The van der Waals surface area contributed by atoms with E-state index in [2.05, 4.69) is 0 Å². The van der Waals surface area contributed by atoms with Gasteiger partial charge in [-0.25, -0.2) is 33.7 Å². The normalized spacial score (nSPS) is 10.4.